The molecule has 0 aliphatic rings. The first-order valence-electron chi connectivity index (χ1n) is 5.72. The molecule has 0 radical (unpaired) electrons. The number of aryl methyl sites for hydroxylation is 2. The zero-order valence-corrected chi connectivity index (χ0v) is 11.4. The summed E-state index contributed by atoms with van der Waals surface area (Å²) >= 11 is 6.03. The zero-order chi connectivity index (χ0) is 13.1. The lowest BCUT2D eigenvalue weighted by Crippen LogP contribution is -2.07. The summed E-state index contributed by atoms with van der Waals surface area (Å²) in [5.74, 6) is 1.45. The van der Waals surface area contributed by atoms with Crippen LogP contribution in [0.3, 0.4) is 0 Å². The summed E-state index contributed by atoms with van der Waals surface area (Å²) < 4.78 is 0. The second-order valence-electron chi connectivity index (χ2n) is 4.19. The molecular formula is C13H15ClN4. The van der Waals surface area contributed by atoms with Crippen molar-refractivity contribution >= 4 is 17.4 Å². The van der Waals surface area contributed by atoms with Gasteiger partial charge < -0.3 is 5.32 Å². The summed E-state index contributed by atoms with van der Waals surface area (Å²) in [5.41, 5.74) is 3.21. The monoisotopic (exact) mass is 262 g/mol. The Morgan fingerprint density at radius 1 is 1.22 bits per heavy atom. The third-order valence-electron chi connectivity index (χ3n) is 2.78. The van der Waals surface area contributed by atoms with Crippen LogP contribution in [0.25, 0.3) is 0 Å². The Hall–Kier alpha value is -1.68. The van der Waals surface area contributed by atoms with E-state index >= 15 is 0 Å². The molecule has 0 atom stereocenters. The van der Waals surface area contributed by atoms with Crippen molar-refractivity contribution in [1.82, 2.24) is 15.0 Å². The van der Waals surface area contributed by atoms with Crippen LogP contribution in [-0.4, -0.2) is 15.0 Å². The predicted octanol–water partition coefficient (Wildman–Crippen LogP) is 3.06. The Balaban J connectivity index is 2.18. The van der Waals surface area contributed by atoms with Gasteiger partial charge in [0.15, 0.2) is 0 Å². The second-order valence-corrected chi connectivity index (χ2v) is 4.55. The van der Waals surface area contributed by atoms with Crippen LogP contribution in [-0.2, 0) is 6.54 Å². The number of hydrogen-bond donors (Lipinski definition) is 1. The molecule has 2 aromatic heterocycles. The van der Waals surface area contributed by atoms with Crippen molar-refractivity contribution in [2.75, 3.05) is 5.32 Å². The lowest BCUT2D eigenvalue weighted by atomic mass is 10.1. The summed E-state index contributed by atoms with van der Waals surface area (Å²) in [6.45, 7) is 6.47. The molecule has 0 spiro atoms. The molecule has 94 valence electrons. The van der Waals surface area contributed by atoms with E-state index < -0.39 is 0 Å². The van der Waals surface area contributed by atoms with E-state index in [0.29, 0.717) is 17.5 Å². The van der Waals surface area contributed by atoms with E-state index in [4.69, 9.17) is 11.6 Å². The van der Waals surface area contributed by atoms with E-state index in [-0.39, 0.29) is 0 Å². The zero-order valence-electron chi connectivity index (χ0n) is 10.7. The van der Waals surface area contributed by atoms with Crippen LogP contribution < -0.4 is 5.32 Å². The number of nitrogens with one attached hydrogen (secondary N) is 1. The largest absolute Gasteiger partial charge is 0.366 e. The smallest absolute Gasteiger partial charge is 0.137 e. The van der Waals surface area contributed by atoms with Gasteiger partial charge in [0.1, 0.15) is 16.8 Å². The highest BCUT2D eigenvalue weighted by Gasteiger charge is 2.07. The van der Waals surface area contributed by atoms with E-state index in [1.165, 1.54) is 5.56 Å². The molecule has 0 aliphatic carbocycles. The fraction of sp³-hybridized carbons (Fsp3) is 0.308. The molecule has 2 heterocycles. The highest BCUT2D eigenvalue weighted by atomic mass is 35.5. The molecule has 0 bridgehead atoms. The maximum Gasteiger partial charge on any atom is 0.137 e. The van der Waals surface area contributed by atoms with Gasteiger partial charge in [-0.15, -0.1) is 0 Å². The fourth-order valence-corrected chi connectivity index (χ4v) is 1.86. The third-order valence-corrected chi connectivity index (χ3v) is 3.15. The first-order valence-corrected chi connectivity index (χ1v) is 6.10. The number of hydrogen-bond acceptors (Lipinski definition) is 4. The minimum absolute atomic E-state index is 0.497. The summed E-state index contributed by atoms with van der Waals surface area (Å²) in [4.78, 5) is 12.5. The average molecular weight is 263 g/mol. The Morgan fingerprint density at radius 2 is 2.00 bits per heavy atom. The Morgan fingerprint density at radius 3 is 2.72 bits per heavy atom. The minimum atomic E-state index is 0.497. The average Bonchev–Trinajstić information content (AvgIpc) is 2.33. The molecule has 18 heavy (non-hydrogen) atoms. The van der Waals surface area contributed by atoms with Crippen LogP contribution in [0, 0.1) is 20.8 Å². The van der Waals surface area contributed by atoms with E-state index in [0.717, 1.165) is 16.9 Å². The molecule has 0 aliphatic heterocycles. The lowest BCUT2D eigenvalue weighted by Gasteiger charge is -2.11. The van der Waals surface area contributed by atoms with Crippen molar-refractivity contribution in [3.05, 3.63) is 46.1 Å². The lowest BCUT2D eigenvalue weighted by molar-refractivity contribution is 0.996. The van der Waals surface area contributed by atoms with Gasteiger partial charge in [0.25, 0.3) is 0 Å². The van der Waals surface area contributed by atoms with E-state index in [2.05, 4.69) is 20.3 Å². The summed E-state index contributed by atoms with van der Waals surface area (Å²) in [6.07, 6.45) is 3.64. The number of pyridine rings is 1. The number of halogens is 1. The third kappa shape index (κ3) is 2.76. The Bertz CT molecular complexity index is 569. The van der Waals surface area contributed by atoms with Gasteiger partial charge in [-0.3, -0.25) is 4.98 Å². The maximum atomic E-state index is 6.03. The number of rotatable bonds is 3. The normalized spacial score (nSPS) is 10.4. The standard InChI is InChI=1S/C13H15ClN4/c1-8-6-15-5-4-11(8)7-16-13-9(2)12(14)17-10(3)18-13/h4-6H,7H2,1-3H3,(H,16,17,18). The van der Waals surface area contributed by atoms with Gasteiger partial charge in [0.05, 0.1) is 0 Å². The van der Waals surface area contributed by atoms with Crippen LogP contribution >= 0.6 is 11.6 Å². The van der Waals surface area contributed by atoms with Crippen LogP contribution in [0.2, 0.25) is 5.15 Å². The van der Waals surface area contributed by atoms with E-state index in [1.807, 2.05) is 33.0 Å². The Labute approximate surface area is 111 Å². The summed E-state index contributed by atoms with van der Waals surface area (Å²) in [7, 11) is 0. The summed E-state index contributed by atoms with van der Waals surface area (Å²) in [5, 5.41) is 3.79. The van der Waals surface area contributed by atoms with Gasteiger partial charge >= 0.3 is 0 Å². The molecule has 0 saturated heterocycles. The molecule has 0 aromatic carbocycles. The van der Waals surface area contributed by atoms with Gasteiger partial charge in [-0.05, 0) is 38.0 Å². The second kappa shape index (κ2) is 5.31. The molecule has 5 heteroatoms. The molecular weight excluding hydrogens is 248 g/mol. The van der Waals surface area contributed by atoms with Crippen LogP contribution in [0.5, 0.6) is 0 Å². The van der Waals surface area contributed by atoms with Crippen molar-refractivity contribution in [3.8, 4) is 0 Å². The molecule has 1 N–H and O–H groups in total. The number of aromatic nitrogens is 3. The topological polar surface area (TPSA) is 50.7 Å². The number of anilines is 1. The quantitative estimate of drug-likeness (QED) is 0.864. The minimum Gasteiger partial charge on any atom is -0.366 e. The van der Waals surface area contributed by atoms with Crippen molar-refractivity contribution in [1.29, 1.82) is 0 Å². The van der Waals surface area contributed by atoms with Gasteiger partial charge in [-0.2, -0.15) is 0 Å². The maximum absolute atomic E-state index is 6.03. The molecule has 2 aromatic rings. The molecule has 4 nitrogen and oxygen atoms in total. The van der Waals surface area contributed by atoms with E-state index in [1.54, 1.807) is 6.20 Å². The van der Waals surface area contributed by atoms with Crippen LogP contribution in [0.4, 0.5) is 5.82 Å². The first kappa shape index (κ1) is 12.8. The summed E-state index contributed by atoms with van der Waals surface area (Å²) in [6, 6.07) is 1.99. The Kier molecular flexibility index (Phi) is 3.77. The van der Waals surface area contributed by atoms with Crippen molar-refractivity contribution in [2.45, 2.75) is 27.3 Å². The van der Waals surface area contributed by atoms with Crippen LogP contribution in [0.1, 0.15) is 22.5 Å². The fourth-order valence-electron chi connectivity index (χ4n) is 1.65. The van der Waals surface area contributed by atoms with E-state index in [9.17, 15) is 0 Å². The van der Waals surface area contributed by atoms with Crippen molar-refractivity contribution in [2.24, 2.45) is 0 Å². The highest BCUT2D eigenvalue weighted by Crippen LogP contribution is 2.20. The van der Waals surface area contributed by atoms with Crippen molar-refractivity contribution in [3.63, 3.8) is 0 Å². The molecule has 0 unspecified atom stereocenters. The predicted molar refractivity (Wildman–Crippen MR) is 72.8 cm³/mol. The molecule has 0 saturated carbocycles. The van der Waals surface area contributed by atoms with Gasteiger partial charge in [0, 0.05) is 24.5 Å². The SMILES string of the molecule is Cc1nc(Cl)c(C)c(NCc2ccncc2C)n1. The van der Waals surface area contributed by atoms with Crippen LogP contribution in [0.15, 0.2) is 18.5 Å². The molecule has 0 amide bonds. The number of nitrogens with zero attached hydrogens (tertiary/aromatic N) is 3. The molecule has 0 fully saturated rings. The van der Waals surface area contributed by atoms with Gasteiger partial charge in [0.2, 0.25) is 0 Å². The first-order chi connectivity index (χ1) is 8.58. The van der Waals surface area contributed by atoms with Crippen molar-refractivity contribution < 1.29 is 0 Å². The molecule has 2 rings (SSSR count). The van der Waals surface area contributed by atoms with Gasteiger partial charge in [-0.1, -0.05) is 11.6 Å². The van der Waals surface area contributed by atoms with Gasteiger partial charge in [-0.25, -0.2) is 9.97 Å². The highest BCUT2D eigenvalue weighted by molar-refractivity contribution is 6.30.